The fourth-order valence-corrected chi connectivity index (χ4v) is 1.71. The number of nitrogens with one attached hydrogen (secondary N) is 1. The highest BCUT2D eigenvalue weighted by molar-refractivity contribution is 5.92. The second-order valence-electron chi connectivity index (χ2n) is 4.44. The van der Waals surface area contributed by atoms with Crippen LogP contribution in [0.3, 0.4) is 0 Å². The molecule has 1 aromatic carbocycles. The van der Waals surface area contributed by atoms with Gasteiger partial charge in [-0.3, -0.25) is 14.9 Å². The molecule has 0 radical (unpaired) electrons. The van der Waals surface area contributed by atoms with E-state index in [2.05, 4.69) is 5.32 Å². The van der Waals surface area contributed by atoms with Gasteiger partial charge < -0.3 is 5.32 Å². The lowest BCUT2D eigenvalue weighted by atomic mass is 10.1. The van der Waals surface area contributed by atoms with Gasteiger partial charge in [0.05, 0.1) is 4.92 Å². The number of aryl methyl sites for hydroxylation is 1. The van der Waals surface area contributed by atoms with Crippen LogP contribution in [0.15, 0.2) is 18.2 Å². The predicted octanol–water partition coefficient (Wildman–Crippen LogP) is 3.28. The van der Waals surface area contributed by atoms with Crippen LogP contribution in [0.1, 0.15) is 32.3 Å². The molecule has 1 atom stereocenters. The number of carbonyl (C=O) groups is 1. The lowest BCUT2D eigenvalue weighted by molar-refractivity contribution is -0.385. The summed E-state index contributed by atoms with van der Waals surface area (Å²) in [6.07, 6.45) is 1.74. The van der Waals surface area contributed by atoms with E-state index in [1.807, 2.05) is 13.8 Å². The summed E-state index contributed by atoms with van der Waals surface area (Å²) >= 11 is 0. The van der Waals surface area contributed by atoms with Gasteiger partial charge in [-0.2, -0.15) is 0 Å². The van der Waals surface area contributed by atoms with Gasteiger partial charge in [-0.05, 0) is 19.4 Å². The van der Waals surface area contributed by atoms with Crippen LogP contribution in [0.2, 0.25) is 0 Å². The summed E-state index contributed by atoms with van der Waals surface area (Å²) in [7, 11) is 0. The number of amides is 1. The van der Waals surface area contributed by atoms with Crippen molar-refractivity contribution >= 4 is 17.3 Å². The van der Waals surface area contributed by atoms with E-state index in [0.29, 0.717) is 11.3 Å². The first kappa shape index (κ1) is 14.2. The highest BCUT2D eigenvalue weighted by Gasteiger charge is 2.15. The first-order valence-electron chi connectivity index (χ1n) is 6.01. The minimum atomic E-state index is -0.444. The Balaban J connectivity index is 2.82. The number of hydrogen-bond donors (Lipinski definition) is 1. The molecule has 0 saturated carbocycles. The third-order valence-corrected chi connectivity index (χ3v) is 2.84. The SMILES string of the molecule is CCCC(C)C(=O)Nc1ccc(C)c([N+](=O)[O-])c1. The number of hydrogen-bond acceptors (Lipinski definition) is 3. The van der Waals surface area contributed by atoms with Crippen molar-refractivity contribution in [1.29, 1.82) is 0 Å². The summed E-state index contributed by atoms with van der Waals surface area (Å²) in [4.78, 5) is 22.1. The maximum atomic E-state index is 11.8. The molecule has 0 aliphatic heterocycles. The summed E-state index contributed by atoms with van der Waals surface area (Å²) in [5, 5.41) is 13.5. The van der Waals surface area contributed by atoms with Crippen LogP contribution in [0, 0.1) is 23.0 Å². The molecule has 0 aliphatic rings. The quantitative estimate of drug-likeness (QED) is 0.643. The lowest BCUT2D eigenvalue weighted by Crippen LogP contribution is -2.20. The Morgan fingerprint density at radius 1 is 1.50 bits per heavy atom. The van der Waals surface area contributed by atoms with Crippen LogP contribution in [0.4, 0.5) is 11.4 Å². The van der Waals surface area contributed by atoms with Gasteiger partial charge in [0, 0.05) is 23.2 Å². The second kappa shape index (κ2) is 6.14. The van der Waals surface area contributed by atoms with Gasteiger partial charge in [0.1, 0.15) is 0 Å². The van der Waals surface area contributed by atoms with Crippen LogP contribution in [-0.4, -0.2) is 10.8 Å². The van der Waals surface area contributed by atoms with Gasteiger partial charge >= 0.3 is 0 Å². The van der Waals surface area contributed by atoms with E-state index < -0.39 is 4.92 Å². The number of nitro benzene ring substituents is 1. The molecular weight excluding hydrogens is 232 g/mol. The molecule has 0 saturated heterocycles. The molecular formula is C13H18N2O3. The highest BCUT2D eigenvalue weighted by Crippen LogP contribution is 2.22. The zero-order valence-electron chi connectivity index (χ0n) is 10.9. The fourth-order valence-electron chi connectivity index (χ4n) is 1.71. The van der Waals surface area contributed by atoms with Gasteiger partial charge in [0.15, 0.2) is 0 Å². The fraction of sp³-hybridized carbons (Fsp3) is 0.462. The lowest BCUT2D eigenvalue weighted by Gasteiger charge is -2.11. The molecule has 98 valence electrons. The van der Waals surface area contributed by atoms with Gasteiger partial charge in [-0.25, -0.2) is 0 Å². The Labute approximate surface area is 106 Å². The zero-order valence-corrected chi connectivity index (χ0v) is 10.9. The third-order valence-electron chi connectivity index (χ3n) is 2.84. The second-order valence-corrected chi connectivity index (χ2v) is 4.44. The van der Waals surface area contributed by atoms with Crippen LogP contribution in [0.25, 0.3) is 0 Å². The van der Waals surface area contributed by atoms with E-state index in [1.54, 1.807) is 19.1 Å². The van der Waals surface area contributed by atoms with Crippen LogP contribution in [0.5, 0.6) is 0 Å². The van der Waals surface area contributed by atoms with Gasteiger partial charge in [0.25, 0.3) is 5.69 Å². The van der Waals surface area contributed by atoms with E-state index in [-0.39, 0.29) is 17.5 Å². The number of anilines is 1. The molecule has 0 aromatic heterocycles. The Hall–Kier alpha value is -1.91. The van der Waals surface area contributed by atoms with E-state index >= 15 is 0 Å². The summed E-state index contributed by atoms with van der Waals surface area (Å²) < 4.78 is 0. The number of rotatable bonds is 5. The van der Waals surface area contributed by atoms with E-state index in [4.69, 9.17) is 0 Å². The molecule has 18 heavy (non-hydrogen) atoms. The molecule has 0 spiro atoms. The number of nitro groups is 1. The third kappa shape index (κ3) is 3.55. The normalized spacial score (nSPS) is 11.9. The molecule has 0 heterocycles. The molecule has 1 rings (SSSR count). The Morgan fingerprint density at radius 2 is 2.17 bits per heavy atom. The summed E-state index contributed by atoms with van der Waals surface area (Å²) in [6.45, 7) is 5.53. The monoisotopic (exact) mass is 250 g/mol. The van der Waals surface area contributed by atoms with Crippen molar-refractivity contribution in [2.75, 3.05) is 5.32 Å². The van der Waals surface area contributed by atoms with Gasteiger partial charge in [-0.1, -0.05) is 26.3 Å². The highest BCUT2D eigenvalue weighted by atomic mass is 16.6. The van der Waals surface area contributed by atoms with Crippen LogP contribution in [-0.2, 0) is 4.79 Å². The largest absolute Gasteiger partial charge is 0.326 e. The molecule has 0 bridgehead atoms. The summed E-state index contributed by atoms with van der Waals surface area (Å²) in [5.41, 5.74) is 1.08. The Morgan fingerprint density at radius 3 is 2.72 bits per heavy atom. The summed E-state index contributed by atoms with van der Waals surface area (Å²) in [5.74, 6) is -0.189. The number of carbonyl (C=O) groups excluding carboxylic acids is 1. The standard InChI is InChI=1S/C13H18N2O3/c1-4-5-10(3)13(16)14-11-7-6-9(2)12(8-11)15(17)18/h6-8,10H,4-5H2,1-3H3,(H,14,16). The average Bonchev–Trinajstić information content (AvgIpc) is 2.31. The average molecular weight is 250 g/mol. The van der Waals surface area contributed by atoms with Crippen molar-refractivity contribution in [2.24, 2.45) is 5.92 Å². The maximum Gasteiger partial charge on any atom is 0.274 e. The first-order chi connectivity index (χ1) is 8.45. The molecule has 1 aromatic rings. The van der Waals surface area contributed by atoms with E-state index in [9.17, 15) is 14.9 Å². The topological polar surface area (TPSA) is 72.2 Å². The molecule has 1 amide bonds. The van der Waals surface area contributed by atoms with Crippen molar-refractivity contribution < 1.29 is 9.72 Å². The molecule has 1 unspecified atom stereocenters. The van der Waals surface area contributed by atoms with Gasteiger partial charge in [-0.15, -0.1) is 0 Å². The van der Waals surface area contributed by atoms with Crippen molar-refractivity contribution in [3.63, 3.8) is 0 Å². The Kier molecular flexibility index (Phi) is 4.83. The Bertz CT molecular complexity index is 458. The molecule has 0 fully saturated rings. The molecule has 5 nitrogen and oxygen atoms in total. The minimum absolute atomic E-state index is 0.0240. The van der Waals surface area contributed by atoms with Crippen molar-refractivity contribution in [2.45, 2.75) is 33.6 Å². The number of nitrogens with zero attached hydrogens (tertiary/aromatic N) is 1. The van der Waals surface area contributed by atoms with E-state index in [1.165, 1.54) is 6.07 Å². The summed E-state index contributed by atoms with van der Waals surface area (Å²) in [6, 6.07) is 4.71. The van der Waals surface area contributed by atoms with Crippen molar-refractivity contribution in [3.8, 4) is 0 Å². The number of benzene rings is 1. The van der Waals surface area contributed by atoms with Crippen molar-refractivity contribution in [3.05, 3.63) is 33.9 Å². The van der Waals surface area contributed by atoms with Crippen LogP contribution >= 0.6 is 0 Å². The smallest absolute Gasteiger partial charge is 0.274 e. The molecule has 1 N–H and O–H groups in total. The molecule has 5 heteroatoms. The molecule has 0 aliphatic carbocycles. The predicted molar refractivity (Wildman–Crippen MR) is 70.5 cm³/mol. The van der Waals surface area contributed by atoms with Crippen LogP contribution < -0.4 is 5.32 Å². The minimum Gasteiger partial charge on any atom is -0.326 e. The maximum absolute atomic E-state index is 11.8. The van der Waals surface area contributed by atoms with Crippen molar-refractivity contribution in [1.82, 2.24) is 0 Å². The zero-order chi connectivity index (χ0) is 13.7. The first-order valence-corrected chi connectivity index (χ1v) is 6.01. The van der Waals surface area contributed by atoms with Gasteiger partial charge in [0.2, 0.25) is 5.91 Å². The van der Waals surface area contributed by atoms with E-state index in [0.717, 1.165) is 12.8 Å².